The second-order valence-corrected chi connectivity index (χ2v) is 14.7. The maximum atomic E-state index is 12.6. The van der Waals surface area contributed by atoms with E-state index in [2.05, 4.69) is 43.8 Å². The highest BCUT2D eigenvalue weighted by Gasteiger charge is 2.16. The number of benzene rings is 2. The fraction of sp³-hybridized carbons (Fsp3) is 0.486. The van der Waals surface area contributed by atoms with Crippen LogP contribution in [0.1, 0.15) is 113 Å². The van der Waals surface area contributed by atoms with Gasteiger partial charge in [0.15, 0.2) is 5.82 Å². The number of nitrogens with one attached hydrogen (secondary N) is 4. The Morgan fingerprint density at radius 2 is 1.49 bits per heavy atom. The van der Waals surface area contributed by atoms with Gasteiger partial charge in [-0.2, -0.15) is 4.37 Å². The van der Waals surface area contributed by atoms with Crippen LogP contribution in [-0.4, -0.2) is 36.4 Å². The van der Waals surface area contributed by atoms with Gasteiger partial charge in [-0.15, -0.1) is 0 Å². The Morgan fingerprint density at radius 3 is 2.12 bits per heavy atom. The van der Waals surface area contributed by atoms with Gasteiger partial charge < -0.3 is 10.1 Å². The van der Waals surface area contributed by atoms with Crippen molar-refractivity contribution in [2.45, 2.75) is 108 Å². The molecule has 0 aliphatic carbocycles. The number of hydrazine groups is 1. The lowest BCUT2D eigenvalue weighted by molar-refractivity contribution is 0.0497. The van der Waals surface area contributed by atoms with Crippen LogP contribution in [0.2, 0.25) is 5.02 Å². The molecule has 0 unspecified atom stereocenters. The molecule has 0 saturated carbocycles. The van der Waals surface area contributed by atoms with Crippen LogP contribution in [0, 0.1) is 0 Å². The third-order valence-corrected chi connectivity index (χ3v) is 10.1. The van der Waals surface area contributed by atoms with Crippen LogP contribution in [0.15, 0.2) is 65.7 Å². The molecule has 268 valence electrons. The van der Waals surface area contributed by atoms with E-state index in [1.54, 1.807) is 24.3 Å². The fourth-order valence-electron chi connectivity index (χ4n) is 5.01. The van der Waals surface area contributed by atoms with E-state index in [1.807, 2.05) is 0 Å². The number of hydrogen-bond donors (Lipinski definition) is 4. The van der Waals surface area contributed by atoms with Gasteiger partial charge in [-0.1, -0.05) is 127 Å². The molecule has 3 rings (SSSR count). The highest BCUT2D eigenvalue weighted by atomic mass is 35.5. The highest BCUT2D eigenvalue weighted by molar-refractivity contribution is 7.89. The minimum Gasteiger partial charge on any atom is -0.462 e. The zero-order valence-corrected chi connectivity index (χ0v) is 30.7. The molecular formula is C35H49ClN6O5S2. The molecule has 0 aliphatic rings. The molecule has 49 heavy (non-hydrogen) atoms. The SMILES string of the molecule is C=C(Cc1nsc(NNC(=O)Nc2cc(C(=O)OCCCCCCCCCCCCCCCC)ccc2Cl)n1)NS(=O)(=O)c1ccccc1. The van der Waals surface area contributed by atoms with Crippen molar-refractivity contribution in [1.82, 2.24) is 19.5 Å². The van der Waals surface area contributed by atoms with Crippen LogP contribution in [-0.2, 0) is 21.2 Å². The molecule has 3 aromatic rings. The smallest absolute Gasteiger partial charge is 0.338 e. The molecule has 0 spiro atoms. The predicted molar refractivity (Wildman–Crippen MR) is 197 cm³/mol. The van der Waals surface area contributed by atoms with Crippen molar-refractivity contribution in [2.24, 2.45) is 0 Å². The van der Waals surface area contributed by atoms with Gasteiger partial charge in [0.1, 0.15) is 0 Å². The van der Waals surface area contributed by atoms with Gasteiger partial charge in [0.2, 0.25) is 5.13 Å². The van der Waals surface area contributed by atoms with Crippen molar-refractivity contribution in [3.8, 4) is 0 Å². The number of urea groups is 1. The van der Waals surface area contributed by atoms with Gasteiger partial charge in [0.05, 0.1) is 27.8 Å². The topological polar surface area (TPSA) is 151 Å². The summed E-state index contributed by atoms with van der Waals surface area (Å²) in [6.45, 7) is 6.35. The molecule has 14 heteroatoms. The van der Waals surface area contributed by atoms with Crippen molar-refractivity contribution >= 4 is 56.0 Å². The maximum Gasteiger partial charge on any atom is 0.338 e. The number of ether oxygens (including phenoxy) is 1. The first-order valence-electron chi connectivity index (χ1n) is 17.1. The monoisotopic (exact) mass is 732 g/mol. The van der Waals surface area contributed by atoms with E-state index in [0.29, 0.717) is 12.4 Å². The number of halogens is 1. The molecule has 11 nitrogen and oxygen atoms in total. The third-order valence-electron chi connectivity index (χ3n) is 7.64. The minimum absolute atomic E-state index is 0.0499. The Morgan fingerprint density at radius 1 is 0.878 bits per heavy atom. The van der Waals surface area contributed by atoms with E-state index >= 15 is 0 Å². The van der Waals surface area contributed by atoms with Gasteiger partial charge in [-0.3, -0.25) is 10.1 Å². The summed E-state index contributed by atoms with van der Waals surface area (Å²) in [6.07, 6.45) is 17.6. The molecule has 0 bridgehead atoms. The van der Waals surface area contributed by atoms with Crippen LogP contribution >= 0.6 is 23.1 Å². The van der Waals surface area contributed by atoms with Crippen LogP contribution < -0.4 is 20.9 Å². The Kier molecular flexibility index (Phi) is 17.9. The first kappa shape index (κ1) is 39.8. The number of aromatic nitrogens is 2. The molecule has 0 fully saturated rings. The number of allylic oxidation sites excluding steroid dienone is 1. The van der Waals surface area contributed by atoms with Gasteiger partial charge in [0.25, 0.3) is 10.0 Å². The molecule has 4 N–H and O–H groups in total. The molecule has 1 aromatic heterocycles. The van der Waals surface area contributed by atoms with Crippen LogP contribution in [0.5, 0.6) is 0 Å². The lowest BCUT2D eigenvalue weighted by atomic mass is 10.0. The summed E-state index contributed by atoms with van der Waals surface area (Å²) in [5, 5.41) is 3.10. The summed E-state index contributed by atoms with van der Waals surface area (Å²) in [5.74, 6) is -0.180. The number of sulfonamides is 1. The summed E-state index contributed by atoms with van der Waals surface area (Å²) in [6, 6.07) is 11.8. The first-order valence-corrected chi connectivity index (χ1v) is 19.7. The number of hydrogen-bond acceptors (Lipinski definition) is 9. The third kappa shape index (κ3) is 15.6. The summed E-state index contributed by atoms with van der Waals surface area (Å²) < 4.78 is 37.0. The minimum atomic E-state index is -3.77. The van der Waals surface area contributed by atoms with E-state index in [1.165, 1.54) is 94.9 Å². The predicted octanol–water partition coefficient (Wildman–Crippen LogP) is 9.01. The van der Waals surface area contributed by atoms with Crippen molar-refractivity contribution in [3.63, 3.8) is 0 Å². The number of nitrogens with zero attached hydrogens (tertiary/aromatic N) is 2. The lowest BCUT2D eigenvalue weighted by Gasteiger charge is -2.11. The summed E-state index contributed by atoms with van der Waals surface area (Å²) in [7, 11) is -3.77. The largest absolute Gasteiger partial charge is 0.462 e. The number of unbranched alkanes of at least 4 members (excludes halogenated alkanes) is 13. The number of anilines is 2. The van der Waals surface area contributed by atoms with E-state index < -0.39 is 22.0 Å². The van der Waals surface area contributed by atoms with Gasteiger partial charge >= 0.3 is 12.0 Å². The van der Waals surface area contributed by atoms with Crippen LogP contribution in [0.4, 0.5) is 15.6 Å². The van der Waals surface area contributed by atoms with Crippen molar-refractivity contribution in [1.29, 1.82) is 0 Å². The van der Waals surface area contributed by atoms with Gasteiger partial charge in [-0.05, 0) is 36.8 Å². The molecule has 0 aliphatic heterocycles. The van der Waals surface area contributed by atoms with E-state index in [-0.39, 0.29) is 38.4 Å². The van der Waals surface area contributed by atoms with Crippen molar-refractivity contribution in [3.05, 3.63) is 77.2 Å². The average molecular weight is 733 g/mol. The second kappa shape index (κ2) is 22.1. The quantitative estimate of drug-likeness (QED) is 0.0405. The normalized spacial score (nSPS) is 11.1. The molecule has 0 atom stereocenters. The highest BCUT2D eigenvalue weighted by Crippen LogP contribution is 2.24. The summed E-state index contributed by atoms with van der Waals surface area (Å²) >= 11 is 7.22. The molecule has 2 aromatic carbocycles. The number of rotatable bonds is 24. The Labute approximate surface area is 299 Å². The van der Waals surface area contributed by atoms with E-state index in [4.69, 9.17) is 16.3 Å². The number of esters is 1. The zero-order valence-electron chi connectivity index (χ0n) is 28.3. The molecule has 1 heterocycles. The number of carbonyl (C=O) groups is 2. The van der Waals surface area contributed by atoms with Gasteiger partial charge in [0, 0.05) is 23.7 Å². The molecular weight excluding hydrogens is 684 g/mol. The van der Waals surface area contributed by atoms with Crippen LogP contribution in [0.3, 0.4) is 0 Å². The Balaban J connectivity index is 1.30. The summed E-state index contributed by atoms with van der Waals surface area (Å²) in [4.78, 5) is 29.5. The van der Waals surface area contributed by atoms with Crippen LogP contribution in [0.25, 0.3) is 0 Å². The van der Waals surface area contributed by atoms with Crippen molar-refractivity contribution in [2.75, 3.05) is 17.3 Å². The zero-order chi connectivity index (χ0) is 35.3. The molecule has 2 amide bonds. The lowest BCUT2D eigenvalue weighted by Crippen LogP contribution is -2.33. The Hall–Kier alpha value is -3.68. The Bertz CT molecular complexity index is 1570. The standard InChI is InChI=1S/C35H49ClN6O5S2/c1-3-4-5-6-7-8-9-10-11-12-13-14-15-19-24-47-33(43)28-22-23-30(36)31(26-28)37-34(44)39-40-35-38-32(41-48-35)25-27(2)42-49(45,46)29-20-17-16-18-21-29/h16-18,20-23,26,42H,2-15,19,24-25H2,1H3,(H2,37,39,44)(H,38,40,41). The van der Waals surface area contributed by atoms with E-state index in [0.717, 1.165) is 30.8 Å². The summed E-state index contributed by atoms with van der Waals surface area (Å²) in [5.41, 5.74) is 5.76. The van der Waals surface area contributed by atoms with Crippen molar-refractivity contribution < 1.29 is 22.7 Å². The second-order valence-electron chi connectivity index (χ2n) is 11.8. The molecule has 0 saturated heterocycles. The maximum absolute atomic E-state index is 12.6. The fourth-order valence-corrected chi connectivity index (χ4v) is 6.80. The first-order chi connectivity index (χ1) is 23.7. The molecule has 0 radical (unpaired) electrons. The number of carbonyl (C=O) groups excluding carboxylic acids is 2. The van der Waals surface area contributed by atoms with Gasteiger partial charge in [-0.25, -0.2) is 28.4 Å². The number of amides is 2. The average Bonchev–Trinajstić information content (AvgIpc) is 3.53. The van der Waals surface area contributed by atoms with E-state index in [9.17, 15) is 18.0 Å².